The predicted molar refractivity (Wildman–Crippen MR) is 114 cm³/mol. The number of aryl methyl sites for hydroxylation is 1. The van der Waals surface area contributed by atoms with Gasteiger partial charge in [-0.05, 0) is 69.2 Å². The Bertz CT molecular complexity index is 913. The molecule has 2 aromatic rings. The van der Waals surface area contributed by atoms with Crippen molar-refractivity contribution in [3.05, 3.63) is 65.0 Å². The van der Waals surface area contributed by atoms with E-state index in [4.69, 9.17) is 4.74 Å². The third kappa shape index (κ3) is 5.25. The molecule has 1 saturated heterocycles. The Morgan fingerprint density at radius 2 is 1.77 bits per heavy atom. The number of hydrogen-bond donors (Lipinski definition) is 0. The Balaban J connectivity index is 1.57. The molecule has 0 aromatic heterocycles. The van der Waals surface area contributed by atoms with Gasteiger partial charge in [-0.3, -0.25) is 14.5 Å². The molecule has 5 nitrogen and oxygen atoms in total. The van der Waals surface area contributed by atoms with E-state index in [-0.39, 0.29) is 36.2 Å². The van der Waals surface area contributed by atoms with Gasteiger partial charge in [0.2, 0.25) is 0 Å². The van der Waals surface area contributed by atoms with Crippen LogP contribution in [0.2, 0.25) is 0 Å². The van der Waals surface area contributed by atoms with Crippen LogP contribution in [0, 0.1) is 12.7 Å². The van der Waals surface area contributed by atoms with E-state index in [0.717, 1.165) is 24.2 Å². The molecule has 2 aromatic carbocycles. The second kappa shape index (κ2) is 9.39. The molecule has 0 N–H and O–H groups in total. The van der Waals surface area contributed by atoms with Crippen LogP contribution in [0.5, 0.6) is 5.75 Å². The molecular weight excluding hydrogens is 383 g/mol. The summed E-state index contributed by atoms with van der Waals surface area (Å²) in [5.74, 6) is 0.332. The minimum atomic E-state index is -0.234. The van der Waals surface area contributed by atoms with Crippen LogP contribution in [0.25, 0.3) is 0 Å². The molecule has 30 heavy (non-hydrogen) atoms. The lowest BCUT2D eigenvalue weighted by Gasteiger charge is -2.44. The van der Waals surface area contributed by atoms with Crippen LogP contribution in [-0.4, -0.2) is 53.3 Å². The fourth-order valence-electron chi connectivity index (χ4n) is 3.84. The molecule has 1 fully saturated rings. The summed E-state index contributed by atoms with van der Waals surface area (Å²) in [4.78, 5) is 28.5. The SMILES string of the molecule is CC(=O)c1ccc(OCC(=O)N2CC(C)N(Cc3ccc(F)cc3)CC2C)c(C)c1. The van der Waals surface area contributed by atoms with Crippen LogP contribution < -0.4 is 4.74 Å². The molecule has 1 amide bonds. The number of amides is 1. The largest absolute Gasteiger partial charge is 0.483 e. The molecule has 0 aliphatic carbocycles. The fraction of sp³-hybridized carbons (Fsp3) is 0.417. The highest BCUT2D eigenvalue weighted by atomic mass is 19.1. The van der Waals surface area contributed by atoms with Crippen LogP contribution in [-0.2, 0) is 11.3 Å². The van der Waals surface area contributed by atoms with Crippen molar-refractivity contribution in [2.45, 2.75) is 46.3 Å². The quantitative estimate of drug-likeness (QED) is 0.677. The summed E-state index contributed by atoms with van der Waals surface area (Å²) in [5.41, 5.74) is 2.52. The molecule has 1 aliphatic heterocycles. The zero-order chi connectivity index (χ0) is 21.8. The van der Waals surface area contributed by atoms with E-state index >= 15 is 0 Å². The van der Waals surface area contributed by atoms with Crippen molar-refractivity contribution >= 4 is 11.7 Å². The van der Waals surface area contributed by atoms with E-state index in [1.165, 1.54) is 19.1 Å². The molecule has 2 atom stereocenters. The molecule has 0 spiro atoms. The lowest BCUT2D eigenvalue weighted by atomic mass is 10.1. The van der Waals surface area contributed by atoms with Gasteiger partial charge in [0.15, 0.2) is 12.4 Å². The van der Waals surface area contributed by atoms with Crippen LogP contribution >= 0.6 is 0 Å². The standard InChI is InChI=1S/C24H29FN2O3/c1-16-11-21(19(4)28)7-10-23(16)30-15-24(29)27-13-17(2)26(12-18(27)3)14-20-5-8-22(25)9-6-20/h5-11,17-18H,12-15H2,1-4H3. The Hall–Kier alpha value is -2.73. The van der Waals surface area contributed by atoms with E-state index in [1.54, 1.807) is 30.3 Å². The number of ketones is 1. The van der Waals surface area contributed by atoms with Crippen molar-refractivity contribution in [1.82, 2.24) is 9.80 Å². The van der Waals surface area contributed by atoms with Gasteiger partial charge >= 0.3 is 0 Å². The zero-order valence-electron chi connectivity index (χ0n) is 18.0. The third-order valence-corrected chi connectivity index (χ3v) is 5.67. The maximum absolute atomic E-state index is 13.1. The van der Waals surface area contributed by atoms with E-state index < -0.39 is 0 Å². The van der Waals surface area contributed by atoms with Crippen molar-refractivity contribution in [3.63, 3.8) is 0 Å². The van der Waals surface area contributed by atoms with Crippen LogP contribution in [0.1, 0.15) is 42.3 Å². The van der Waals surface area contributed by atoms with Crippen molar-refractivity contribution in [1.29, 1.82) is 0 Å². The average Bonchev–Trinajstić information content (AvgIpc) is 2.70. The number of Topliss-reactive ketones (excluding diaryl/α,β-unsaturated/α-hetero) is 1. The van der Waals surface area contributed by atoms with Gasteiger partial charge in [-0.2, -0.15) is 0 Å². The molecule has 1 heterocycles. The first-order chi connectivity index (χ1) is 14.2. The van der Waals surface area contributed by atoms with Gasteiger partial charge in [0, 0.05) is 37.3 Å². The molecule has 0 saturated carbocycles. The smallest absolute Gasteiger partial charge is 0.260 e. The Morgan fingerprint density at radius 3 is 2.40 bits per heavy atom. The summed E-state index contributed by atoms with van der Waals surface area (Å²) >= 11 is 0. The number of benzene rings is 2. The van der Waals surface area contributed by atoms with Crippen molar-refractivity contribution < 1.29 is 18.7 Å². The molecule has 2 unspecified atom stereocenters. The lowest BCUT2D eigenvalue weighted by molar-refractivity contribution is -0.139. The molecule has 1 aliphatic rings. The summed E-state index contributed by atoms with van der Waals surface area (Å²) in [6.45, 7) is 9.59. The summed E-state index contributed by atoms with van der Waals surface area (Å²) in [6, 6.07) is 12.0. The highest BCUT2D eigenvalue weighted by Gasteiger charge is 2.32. The summed E-state index contributed by atoms with van der Waals surface area (Å²) < 4.78 is 18.9. The number of halogens is 1. The molecule has 3 rings (SSSR count). The number of rotatable bonds is 6. The highest BCUT2D eigenvalue weighted by Crippen LogP contribution is 2.21. The molecule has 0 radical (unpaired) electrons. The van der Waals surface area contributed by atoms with Gasteiger partial charge < -0.3 is 9.64 Å². The first-order valence-corrected chi connectivity index (χ1v) is 10.3. The second-order valence-electron chi connectivity index (χ2n) is 8.13. The first kappa shape index (κ1) is 22.0. The lowest BCUT2D eigenvalue weighted by Crippen LogP contribution is -2.58. The molecular formula is C24H29FN2O3. The van der Waals surface area contributed by atoms with Gasteiger partial charge in [0.05, 0.1) is 0 Å². The average molecular weight is 413 g/mol. The Labute approximate surface area is 177 Å². The van der Waals surface area contributed by atoms with Crippen LogP contribution in [0.4, 0.5) is 4.39 Å². The molecule has 160 valence electrons. The van der Waals surface area contributed by atoms with Gasteiger partial charge in [0.25, 0.3) is 5.91 Å². The first-order valence-electron chi connectivity index (χ1n) is 10.3. The maximum Gasteiger partial charge on any atom is 0.260 e. The summed E-state index contributed by atoms with van der Waals surface area (Å²) in [5, 5.41) is 0. The third-order valence-electron chi connectivity index (χ3n) is 5.67. The summed E-state index contributed by atoms with van der Waals surface area (Å²) in [6.07, 6.45) is 0. The number of hydrogen-bond acceptors (Lipinski definition) is 4. The zero-order valence-corrected chi connectivity index (χ0v) is 18.0. The number of ether oxygens (including phenoxy) is 1. The van der Waals surface area contributed by atoms with E-state index in [0.29, 0.717) is 17.9 Å². The van der Waals surface area contributed by atoms with E-state index in [9.17, 15) is 14.0 Å². The van der Waals surface area contributed by atoms with Gasteiger partial charge in [-0.1, -0.05) is 12.1 Å². The van der Waals surface area contributed by atoms with Gasteiger partial charge in [0.1, 0.15) is 11.6 Å². The number of carbonyl (C=O) groups excluding carboxylic acids is 2. The van der Waals surface area contributed by atoms with Gasteiger partial charge in [-0.15, -0.1) is 0 Å². The normalized spacial score (nSPS) is 19.6. The second-order valence-corrected chi connectivity index (χ2v) is 8.13. The van der Waals surface area contributed by atoms with E-state index in [1.807, 2.05) is 18.7 Å². The monoisotopic (exact) mass is 412 g/mol. The topological polar surface area (TPSA) is 49.9 Å². The molecule has 6 heteroatoms. The molecule has 0 bridgehead atoms. The van der Waals surface area contributed by atoms with Crippen molar-refractivity contribution in [3.8, 4) is 5.75 Å². The maximum atomic E-state index is 13.1. The Kier molecular flexibility index (Phi) is 6.87. The highest BCUT2D eigenvalue weighted by molar-refractivity contribution is 5.94. The van der Waals surface area contributed by atoms with E-state index in [2.05, 4.69) is 11.8 Å². The van der Waals surface area contributed by atoms with Crippen LogP contribution in [0.15, 0.2) is 42.5 Å². The number of nitrogens with zero attached hydrogens (tertiary/aromatic N) is 2. The van der Waals surface area contributed by atoms with Crippen LogP contribution in [0.3, 0.4) is 0 Å². The van der Waals surface area contributed by atoms with Crippen molar-refractivity contribution in [2.24, 2.45) is 0 Å². The fourth-order valence-corrected chi connectivity index (χ4v) is 3.84. The minimum absolute atomic E-state index is 0.00190. The summed E-state index contributed by atoms with van der Waals surface area (Å²) in [7, 11) is 0. The number of carbonyl (C=O) groups is 2. The predicted octanol–water partition coefficient (Wildman–Crippen LogP) is 3.84. The Morgan fingerprint density at radius 1 is 1.07 bits per heavy atom. The van der Waals surface area contributed by atoms with Gasteiger partial charge in [-0.25, -0.2) is 4.39 Å². The minimum Gasteiger partial charge on any atom is -0.483 e. The van der Waals surface area contributed by atoms with Crippen molar-refractivity contribution in [2.75, 3.05) is 19.7 Å². The number of piperazine rings is 1.